The highest BCUT2D eigenvalue weighted by atomic mass is 35.5. The molecule has 2 amide bonds. The molecule has 0 aliphatic carbocycles. The van der Waals surface area contributed by atoms with Crippen molar-refractivity contribution in [1.29, 1.82) is 0 Å². The molecule has 0 aromatic heterocycles. The Morgan fingerprint density at radius 2 is 1.88 bits per heavy atom. The van der Waals surface area contributed by atoms with E-state index in [1.54, 1.807) is 36.4 Å². The zero-order chi connectivity index (χ0) is 17.7. The number of benzene rings is 2. The molecule has 2 aromatic rings. The molecular formula is C17H16Cl2N2O3. The van der Waals surface area contributed by atoms with E-state index in [0.717, 1.165) is 5.56 Å². The molecule has 0 heterocycles. The van der Waals surface area contributed by atoms with Gasteiger partial charge in [-0.15, -0.1) is 0 Å². The van der Waals surface area contributed by atoms with Gasteiger partial charge in [0.1, 0.15) is 5.75 Å². The van der Waals surface area contributed by atoms with Gasteiger partial charge in [-0.05, 0) is 36.8 Å². The maximum atomic E-state index is 12.0. The highest BCUT2D eigenvalue weighted by molar-refractivity contribution is 6.42. The number of primary amides is 1. The quantitative estimate of drug-likeness (QED) is 0.822. The van der Waals surface area contributed by atoms with Crippen LogP contribution in [0.4, 0.5) is 0 Å². The topological polar surface area (TPSA) is 81.4 Å². The molecule has 1 unspecified atom stereocenters. The molecule has 0 radical (unpaired) electrons. The summed E-state index contributed by atoms with van der Waals surface area (Å²) in [5.41, 5.74) is 6.30. The van der Waals surface area contributed by atoms with E-state index in [9.17, 15) is 9.59 Å². The lowest BCUT2D eigenvalue weighted by Crippen LogP contribution is -2.31. The van der Waals surface area contributed by atoms with Gasteiger partial charge in [-0.1, -0.05) is 41.4 Å². The summed E-state index contributed by atoms with van der Waals surface area (Å²) in [4.78, 5) is 23.3. The minimum Gasteiger partial charge on any atom is -0.483 e. The fourth-order valence-corrected chi connectivity index (χ4v) is 2.39. The molecule has 0 aliphatic heterocycles. The first-order chi connectivity index (χ1) is 11.4. The monoisotopic (exact) mass is 366 g/mol. The van der Waals surface area contributed by atoms with Gasteiger partial charge < -0.3 is 15.8 Å². The number of rotatable bonds is 6. The number of halogens is 2. The van der Waals surface area contributed by atoms with Crippen LogP contribution in [0, 0.1) is 0 Å². The molecule has 2 aromatic carbocycles. The Bertz CT molecular complexity index is 765. The van der Waals surface area contributed by atoms with Gasteiger partial charge in [-0.3, -0.25) is 9.59 Å². The Balaban J connectivity index is 1.96. The van der Waals surface area contributed by atoms with Gasteiger partial charge in [0.2, 0.25) is 0 Å². The number of ether oxygens (including phenoxy) is 1. The van der Waals surface area contributed by atoms with Crippen LogP contribution in [0.15, 0.2) is 42.5 Å². The average Bonchev–Trinajstić information content (AvgIpc) is 2.55. The molecule has 5 nitrogen and oxygen atoms in total. The SMILES string of the molecule is CC(NC(=O)COc1ccccc1C(N)=O)c1ccc(Cl)c(Cl)c1. The summed E-state index contributed by atoms with van der Waals surface area (Å²) in [5.74, 6) is -0.689. The van der Waals surface area contributed by atoms with Crippen LogP contribution in [0.5, 0.6) is 5.75 Å². The first-order valence-electron chi connectivity index (χ1n) is 7.14. The predicted octanol–water partition coefficient (Wildman–Crippen LogP) is 3.35. The summed E-state index contributed by atoms with van der Waals surface area (Å²) in [6.45, 7) is 1.57. The zero-order valence-electron chi connectivity index (χ0n) is 12.9. The van der Waals surface area contributed by atoms with E-state index in [4.69, 9.17) is 33.7 Å². The Morgan fingerprint density at radius 1 is 1.17 bits per heavy atom. The smallest absolute Gasteiger partial charge is 0.258 e. The lowest BCUT2D eigenvalue weighted by molar-refractivity contribution is -0.123. The Labute approximate surface area is 149 Å². The molecule has 2 rings (SSSR count). The minimum atomic E-state index is -0.616. The molecule has 126 valence electrons. The van der Waals surface area contributed by atoms with E-state index in [-0.39, 0.29) is 29.9 Å². The number of para-hydroxylation sites is 1. The number of nitrogens with two attached hydrogens (primary N) is 1. The largest absolute Gasteiger partial charge is 0.483 e. The van der Waals surface area contributed by atoms with Gasteiger partial charge >= 0.3 is 0 Å². The summed E-state index contributed by atoms with van der Waals surface area (Å²) in [6, 6.07) is 11.3. The molecular weight excluding hydrogens is 351 g/mol. The third kappa shape index (κ3) is 4.63. The minimum absolute atomic E-state index is 0.225. The summed E-state index contributed by atoms with van der Waals surface area (Å²) in [7, 11) is 0. The van der Waals surface area contributed by atoms with Gasteiger partial charge in [0.25, 0.3) is 11.8 Å². The van der Waals surface area contributed by atoms with Crippen molar-refractivity contribution < 1.29 is 14.3 Å². The Morgan fingerprint density at radius 3 is 2.54 bits per heavy atom. The lowest BCUT2D eigenvalue weighted by Gasteiger charge is -2.16. The zero-order valence-corrected chi connectivity index (χ0v) is 14.4. The first kappa shape index (κ1) is 18.1. The van der Waals surface area contributed by atoms with Crippen molar-refractivity contribution in [2.75, 3.05) is 6.61 Å². The number of carbonyl (C=O) groups excluding carboxylic acids is 2. The first-order valence-corrected chi connectivity index (χ1v) is 7.90. The molecule has 7 heteroatoms. The highest BCUT2D eigenvalue weighted by Crippen LogP contribution is 2.25. The summed E-state index contributed by atoms with van der Waals surface area (Å²) >= 11 is 11.8. The molecule has 0 saturated carbocycles. The van der Waals surface area contributed by atoms with E-state index >= 15 is 0 Å². The number of nitrogens with one attached hydrogen (secondary N) is 1. The van der Waals surface area contributed by atoms with E-state index in [1.807, 2.05) is 6.92 Å². The van der Waals surface area contributed by atoms with Crippen molar-refractivity contribution in [3.63, 3.8) is 0 Å². The van der Waals surface area contributed by atoms with Gasteiger partial charge in [0.15, 0.2) is 6.61 Å². The van der Waals surface area contributed by atoms with Crippen molar-refractivity contribution in [3.05, 3.63) is 63.6 Å². The molecule has 3 N–H and O–H groups in total. The van der Waals surface area contributed by atoms with Crippen LogP contribution in [0.25, 0.3) is 0 Å². The van der Waals surface area contributed by atoms with Crippen molar-refractivity contribution in [2.45, 2.75) is 13.0 Å². The fourth-order valence-electron chi connectivity index (χ4n) is 2.09. The molecule has 24 heavy (non-hydrogen) atoms. The van der Waals surface area contributed by atoms with Gasteiger partial charge in [-0.2, -0.15) is 0 Å². The molecule has 1 atom stereocenters. The van der Waals surface area contributed by atoms with Crippen molar-refractivity contribution >= 4 is 35.0 Å². The predicted molar refractivity (Wildman–Crippen MR) is 93.5 cm³/mol. The molecule has 0 fully saturated rings. The van der Waals surface area contributed by atoms with E-state index in [1.165, 1.54) is 6.07 Å². The van der Waals surface area contributed by atoms with Crippen LogP contribution in [0.1, 0.15) is 28.9 Å². The van der Waals surface area contributed by atoms with E-state index < -0.39 is 5.91 Å². The van der Waals surface area contributed by atoms with Crippen molar-refractivity contribution in [3.8, 4) is 5.75 Å². The third-order valence-corrected chi connectivity index (χ3v) is 4.07. The van der Waals surface area contributed by atoms with Crippen LogP contribution < -0.4 is 15.8 Å². The van der Waals surface area contributed by atoms with Gasteiger partial charge in [-0.25, -0.2) is 0 Å². The Kier molecular flexibility index (Phi) is 6.06. The van der Waals surface area contributed by atoms with Gasteiger partial charge in [0.05, 0.1) is 21.7 Å². The van der Waals surface area contributed by atoms with Crippen LogP contribution >= 0.6 is 23.2 Å². The molecule has 0 aliphatic rings. The third-order valence-electron chi connectivity index (χ3n) is 3.33. The number of hydrogen-bond acceptors (Lipinski definition) is 3. The maximum absolute atomic E-state index is 12.0. The van der Waals surface area contributed by atoms with Crippen LogP contribution in [-0.4, -0.2) is 18.4 Å². The van der Waals surface area contributed by atoms with E-state index in [0.29, 0.717) is 10.0 Å². The molecule has 0 spiro atoms. The van der Waals surface area contributed by atoms with Crippen LogP contribution in [0.2, 0.25) is 10.0 Å². The number of hydrogen-bond donors (Lipinski definition) is 2. The van der Waals surface area contributed by atoms with Gasteiger partial charge in [0, 0.05) is 0 Å². The van der Waals surface area contributed by atoms with Crippen molar-refractivity contribution in [1.82, 2.24) is 5.32 Å². The summed E-state index contributed by atoms with van der Waals surface area (Å²) in [5, 5.41) is 3.65. The number of amides is 2. The fraction of sp³-hybridized carbons (Fsp3) is 0.176. The standard InChI is InChI=1S/C17H16Cl2N2O3/c1-10(11-6-7-13(18)14(19)8-11)21-16(22)9-24-15-5-3-2-4-12(15)17(20)23/h2-8,10H,9H2,1H3,(H2,20,23)(H,21,22). The highest BCUT2D eigenvalue weighted by Gasteiger charge is 2.13. The summed E-state index contributed by atoms with van der Waals surface area (Å²) < 4.78 is 5.38. The van der Waals surface area contributed by atoms with Crippen LogP contribution in [0.3, 0.4) is 0 Å². The molecule has 0 saturated heterocycles. The Hall–Kier alpha value is -2.24. The lowest BCUT2D eigenvalue weighted by atomic mass is 10.1. The van der Waals surface area contributed by atoms with Crippen molar-refractivity contribution in [2.24, 2.45) is 5.73 Å². The second-order valence-corrected chi connectivity index (χ2v) is 5.93. The van der Waals surface area contributed by atoms with E-state index in [2.05, 4.69) is 5.32 Å². The summed E-state index contributed by atoms with van der Waals surface area (Å²) in [6.07, 6.45) is 0. The maximum Gasteiger partial charge on any atom is 0.258 e. The average molecular weight is 367 g/mol. The number of carbonyl (C=O) groups is 2. The van der Waals surface area contributed by atoms with Crippen LogP contribution in [-0.2, 0) is 4.79 Å². The second kappa shape index (κ2) is 8.04. The molecule has 0 bridgehead atoms. The second-order valence-electron chi connectivity index (χ2n) is 5.11. The normalized spacial score (nSPS) is 11.6.